The normalized spacial score (nSPS) is 25.4. The molecule has 0 aliphatic carbocycles. The molecule has 2 amide bonds. The maximum atomic E-state index is 12.1. The van der Waals surface area contributed by atoms with E-state index in [0.717, 1.165) is 26.1 Å². The van der Waals surface area contributed by atoms with Gasteiger partial charge in [0.25, 0.3) is 0 Å². The average molecular weight is 348 g/mol. The van der Waals surface area contributed by atoms with Crippen molar-refractivity contribution in [2.75, 3.05) is 19.6 Å². The molecule has 1 saturated heterocycles. The van der Waals surface area contributed by atoms with E-state index in [0.29, 0.717) is 24.8 Å². The monoisotopic (exact) mass is 347 g/mol. The van der Waals surface area contributed by atoms with E-state index in [-0.39, 0.29) is 18.2 Å². The van der Waals surface area contributed by atoms with Gasteiger partial charge in [0.15, 0.2) is 0 Å². The van der Waals surface area contributed by atoms with Gasteiger partial charge in [-0.2, -0.15) is 0 Å². The summed E-state index contributed by atoms with van der Waals surface area (Å²) in [6.07, 6.45) is 0.987. The van der Waals surface area contributed by atoms with Crippen molar-refractivity contribution in [2.45, 2.75) is 52.3 Å². The highest BCUT2D eigenvalue weighted by Crippen LogP contribution is 2.23. The number of carbonyl (C=O) groups is 1. The molecule has 1 fully saturated rings. The van der Waals surface area contributed by atoms with E-state index in [1.54, 1.807) is 0 Å². The maximum Gasteiger partial charge on any atom is 0.315 e. The molecule has 5 heteroatoms. The van der Waals surface area contributed by atoms with E-state index in [2.05, 4.69) is 53.6 Å². The highest BCUT2D eigenvalue weighted by Gasteiger charge is 2.32. The van der Waals surface area contributed by atoms with Crippen molar-refractivity contribution >= 4 is 6.03 Å². The molecule has 3 atom stereocenters. The topological polar surface area (TPSA) is 64.6 Å². The molecular weight excluding hydrogens is 314 g/mol. The van der Waals surface area contributed by atoms with Crippen LogP contribution in [0.3, 0.4) is 0 Å². The molecule has 0 bridgehead atoms. The third-order valence-corrected chi connectivity index (χ3v) is 5.10. The van der Waals surface area contributed by atoms with Crippen LogP contribution in [-0.2, 0) is 6.54 Å². The molecule has 25 heavy (non-hydrogen) atoms. The lowest BCUT2D eigenvalue weighted by Crippen LogP contribution is -2.56. The van der Waals surface area contributed by atoms with Gasteiger partial charge in [-0.1, -0.05) is 51.1 Å². The van der Waals surface area contributed by atoms with Crippen LogP contribution < -0.4 is 10.6 Å². The van der Waals surface area contributed by atoms with E-state index in [1.165, 1.54) is 5.56 Å². The number of nitrogens with zero attached hydrogens (tertiary/aromatic N) is 1. The van der Waals surface area contributed by atoms with Crippen molar-refractivity contribution < 1.29 is 9.90 Å². The van der Waals surface area contributed by atoms with E-state index in [1.807, 2.05) is 13.0 Å². The zero-order chi connectivity index (χ0) is 18.2. The quantitative estimate of drug-likeness (QED) is 0.710. The number of carbonyl (C=O) groups excluding carboxylic acids is 1. The van der Waals surface area contributed by atoms with Crippen molar-refractivity contribution in [1.82, 2.24) is 15.5 Å². The fourth-order valence-electron chi connectivity index (χ4n) is 3.69. The van der Waals surface area contributed by atoms with Crippen LogP contribution in [0, 0.1) is 11.8 Å². The number of hydrogen-bond acceptors (Lipinski definition) is 3. The van der Waals surface area contributed by atoms with Gasteiger partial charge < -0.3 is 15.7 Å². The predicted octanol–water partition coefficient (Wildman–Crippen LogP) is 2.60. The second-order valence-corrected chi connectivity index (χ2v) is 7.41. The summed E-state index contributed by atoms with van der Waals surface area (Å²) < 4.78 is 0. The third kappa shape index (κ3) is 6.33. The highest BCUT2D eigenvalue weighted by atomic mass is 16.3. The smallest absolute Gasteiger partial charge is 0.315 e. The van der Waals surface area contributed by atoms with Gasteiger partial charge in [0.1, 0.15) is 0 Å². The summed E-state index contributed by atoms with van der Waals surface area (Å²) in [5.74, 6) is 0.805. The first kappa shape index (κ1) is 19.7. The zero-order valence-electron chi connectivity index (χ0n) is 15.7. The number of benzene rings is 1. The Morgan fingerprint density at radius 1 is 1.24 bits per heavy atom. The lowest BCUT2D eigenvalue weighted by molar-refractivity contribution is 0.0979. The molecule has 140 valence electrons. The Kier molecular flexibility index (Phi) is 7.72. The minimum Gasteiger partial charge on any atom is -0.393 e. The average Bonchev–Trinajstić information content (AvgIpc) is 2.59. The van der Waals surface area contributed by atoms with Crippen molar-refractivity contribution in [3.63, 3.8) is 0 Å². The molecular formula is C20H33N3O2. The molecule has 3 N–H and O–H groups in total. The summed E-state index contributed by atoms with van der Waals surface area (Å²) in [4.78, 5) is 14.6. The Bertz CT molecular complexity index is 511. The molecule has 1 heterocycles. The highest BCUT2D eigenvalue weighted by molar-refractivity contribution is 5.74. The fourth-order valence-corrected chi connectivity index (χ4v) is 3.69. The molecule has 5 nitrogen and oxygen atoms in total. The number of piperidine rings is 1. The maximum absolute atomic E-state index is 12.1. The van der Waals surface area contributed by atoms with Gasteiger partial charge in [-0.15, -0.1) is 0 Å². The summed E-state index contributed by atoms with van der Waals surface area (Å²) in [6.45, 7) is 9.80. The van der Waals surface area contributed by atoms with Gasteiger partial charge in [0.2, 0.25) is 0 Å². The van der Waals surface area contributed by atoms with E-state index in [9.17, 15) is 9.90 Å². The van der Waals surface area contributed by atoms with E-state index >= 15 is 0 Å². The molecule has 1 aliphatic heterocycles. The van der Waals surface area contributed by atoms with E-state index in [4.69, 9.17) is 0 Å². The Morgan fingerprint density at radius 2 is 1.88 bits per heavy atom. The van der Waals surface area contributed by atoms with Gasteiger partial charge in [-0.3, -0.25) is 4.90 Å². The number of aliphatic hydroxyl groups is 1. The molecule has 0 aromatic heterocycles. The number of hydrogen-bond donors (Lipinski definition) is 3. The molecule has 0 spiro atoms. The van der Waals surface area contributed by atoms with Crippen LogP contribution >= 0.6 is 0 Å². The van der Waals surface area contributed by atoms with Gasteiger partial charge in [0, 0.05) is 32.2 Å². The SMILES string of the molecule is CCC(O)CCNC(=O)NC1C(C)CN(Cc2ccccc2)CC1C. The van der Waals surface area contributed by atoms with Crippen molar-refractivity contribution in [3.05, 3.63) is 35.9 Å². The first-order valence-electron chi connectivity index (χ1n) is 9.48. The molecule has 3 unspecified atom stereocenters. The number of nitrogens with one attached hydrogen (secondary N) is 2. The Morgan fingerprint density at radius 3 is 2.48 bits per heavy atom. The van der Waals surface area contributed by atoms with Crippen LogP contribution in [0.2, 0.25) is 0 Å². The molecule has 1 aliphatic rings. The van der Waals surface area contributed by atoms with Gasteiger partial charge in [-0.25, -0.2) is 4.79 Å². The minimum atomic E-state index is -0.334. The predicted molar refractivity (Wildman–Crippen MR) is 101 cm³/mol. The summed E-state index contributed by atoms with van der Waals surface area (Å²) in [5, 5.41) is 15.5. The summed E-state index contributed by atoms with van der Waals surface area (Å²) in [7, 11) is 0. The lowest BCUT2D eigenvalue weighted by Gasteiger charge is -2.41. The largest absolute Gasteiger partial charge is 0.393 e. The molecule has 2 rings (SSSR count). The molecule has 0 radical (unpaired) electrons. The lowest BCUT2D eigenvalue weighted by atomic mass is 9.85. The van der Waals surface area contributed by atoms with Crippen LogP contribution in [0.15, 0.2) is 30.3 Å². The van der Waals surface area contributed by atoms with Crippen molar-refractivity contribution in [3.8, 4) is 0 Å². The Hall–Kier alpha value is -1.59. The number of aliphatic hydroxyl groups excluding tert-OH is 1. The third-order valence-electron chi connectivity index (χ3n) is 5.10. The van der Waals surface area contributed by atoms with Gasteiger partial charge in [0.05, 0.1) is 6.10 Å². The Balaban J connectivity index is 1.78. The number of likely N-dealkylation sites (tertiary alicyclic amines) is 1. The van der Waals surface area contributed by atoms with Crippen LogP contribution in [0.1, 0.15) is 39.2 Å². The summed E-state index contributed by atoms with van der Waals surface area (Å²) in [6, 6.07) is 10.6. The minimum absolute atomic E-state index is 0.122. The van der Waals surface area contributed by atoms with Crippen LogP contribution in [0.5, 0.6) is 0 Å². The summed E-state index contributed by atoms with van der Waals surface area (Å²) in [5.41, 5.74) is 1.33. The zero-order valence-corrected chi connectivity index (χ0v) is 15.7. The van der Waals surface area contributed by atoms with Crippen LogP contribution in [-0.4, -0.2) is 47.8 Å². The fraction of sp³-hybridized carbons (Fsp3) is 0.650. The van der Waals surface area contributed by atoms with E-state index < -0.39 is 0 Å². The molecule has 1 aromatic carbocycles. The van der Waals surface area contributed by atoms with Crippen LogP contribution in [0.4, 0.5) is 4.79 Å². The first-order valence-corrected chi connectivity index (χ1v) is 9.48. The number of rotatable bonds is 7. The van der Waals surface area contributed by atoms with Crippen molar-refractivity contribution in [2.24, 2.45) is 11.8 Å². The Labute approximate surface area is 151 Å². The summed E-state index contributed by atoms with van der Waals surface area (Å²) >= 11 is 0. The molecule has 1 aromatic rings. The second-order valence-electron chi connectivity index (χ2n) is 7.41. The number of amides is 2. The van der Waals surface area contributed by atoms with Crippen molar-refractivity contribution in [1.29, 1.82) is 0 Å². The number of urea groups is 1. The second kappa shape index (κ2) is 9.78. The van der Waals surface area contributed by atoms with Crippen LogP contribution in [0.25, 0.3) is 0 Å². The molecule has 0 saturated carbocycles. The van der Waals surface area contributed by atoms with Gasteiger partial charge in [-0.05, 0) is 30.2 Å². The first-order chi connectivity index (χ1) is 12.0. The standard InChI is InChI=1S/C20H33N3O2/c1-4-18(24)10-11-21-20(25)22-19-15(2)12-23(13-16(19)3)14-17-8-6-5-7-9-17/h5-9,15-16,18-19,24H,4,10-14H2,1-3H3,(H2,21,22,25). The van der Waals surface area contributed by atoms with Gasteiger partial charge >= 0.3 is 6.03 Å².